The van der Waals surface area contributed by atoms with Gasteiger partial charge in [-0.25, -0.2) is 0 Å². The number of aromatic nitrogens is 2. The van der Waals surface area contributed by atoms with Crippen LogP contribution in [0.3, 0.4) is 0 Å². The summed E-state index contributed by atoms with van der Waals surface area (Å²) in [6.07, 6.45) is 3.54. The van der Waals surface area contributed by atoms with Crippen molar-refractivity contribution in [1.82, 2.24) is 19.6 Å². The number of benzene rings is 2. The Bertz CT molecular complexity index is 951. The first-order valence-electron chi connectivity index (χ1n) is 10.7. The lowest BCUT2D eigenvalue weighted by atomic mass is 9.75. The highest BCUT2D eigenvalue weighted by atomic mass is 16.3. The van der Waals surface area contributed by atoms with Crippen molar-refractivity contribution in [3.8, 4) is 0 Å². The Hall–Kier alpha value is -2.96. The Labute approximate surface area is 183 Å². The molecule has 1 aromatic heterocycles. The van der Waals surface area contributed by atoms with Crippen molar-refractivity contribution < 1.29 is 9.90 Å². The zero-order valence-corrected chi connectivity index (χ0v) is 18.2. The maximum absolute atomic E-state index is 14.1. The highest BCUT2D eigenvalue weighted by Crippen LogP contribution is 2.35. The van der Waals surface area contributed by atoms with Crippen LogP contribution in [0.15, 0.2) is 79.1 Å². The summed E-state index contributed by atoms with van der Waals surface area (Å²) in [5.74, 6) is -0.000842. The largest absolute Gasteiger partial charge is 0.385 e. The third-order valence-electron chi connectivity index (χ3n) is 6.23. The average molecular weight is 419 g/mol. The Morgan fingerprint density at radius 3 is 2.16 bits per heavy atom. The molecule has 0 radical (unpaired) electrons. The van der Waals surface area contributed by atoms with Crippen molar-refractivity contribution in [2.24, 2.45) is 0 Å². The molecule has 6 nitrogen and oxygen atoms in total. The number of likely N-dealkylation sites (N-methyl/N-ethyl adjacent to an activating group) is 1. The lowest BCUT2D eigenvalue weighted by Gasteiger charge is -2.38. The second-order valence-electron chi connectivity index (χ2n) is 8.75. The molecule has 1 aliphatic rings. The van der Waals surface area contributed by atoms with Crippen LogP contribution in [0.25, 0.3) is 0 Å². The first kappa shape index (κ1) is 21.3. The minimum Gasteiger partial charge on any atom is -0.385 e. The van der Waals surface area contributed by atoms with E-state index in [0.717, 1.165) is 11.1 Å². The minimum atomic E-state index is -1.10. The average Bonchev–Trinajstić information content (AvgIpc) is 3.23. The second kappa shape index (κ2) is 8.65. The van der Waals surface area contributed by atoms with Crippen molar-refractivity contribution in [3.63, 3.8) is 0 Å². The van der Waals surface area contributed by atoms with Crippen LogP contribution in [-0.4, -0.2) is 69.4 Å². The van der Waals surface area contributed by atoms with Gasteiger partial charge in [0.15, 0.2) is 0 Å². The van der Waals surface area contributed by atoms with Gasteiger partial charge in [-0.15, -0.1) is 0 Å². The van der Waals surface area contributed by atoms with Crippen molar-refractivity contribution in [3.05, 3.63) is 90.3 Å². The molecule has 1 N–H and O–H groups in total. The molecule has 2 aromatic carbocycles. The zero-order chi connectivity index (χ0) is 21.9. The van der Waals surface area contributed by atoms with Crippen LogP contribution >= 0.6 is 0 Å². The quantitative estimate of drug-likeness (QED) is 0.691. The van der Waals surface area contributed by atoms with E-state index >= 15 is 0 Å². The second-order valence-corrected chi connectivity index (χ2v) is 8.75. The molecular formula is C25H30N4O2. The van der Waals surface area contributed by atoms with E-state index in [2.05, 4.69) is 10.00 Å². The van der Waals surface area contributed by atoms with E-state index in [1.807, 2.05) is 91.8 Å². The number of nitrogens with zero attached hydrogens (tertiary/aromatic N) is 4. The number of hydrogen-bond donors (Lipinski definition) is 1. The molecular weight excluding hydrogens is 388 g/mol. The van der Waals surface area contributed by atoms with Gasteiger partial charge < -0.3 is 14.9 Å². The maximum Gasteiger partial charge on any atom is 0.237 e. The Kier molecular flexibility index (Phi) is 5.94. The van der Waals surface area contributed by atoms with E-state index < -0.39 is 11.0 Å². The van der Waals surface area contributed by atoms with E-state index in [1.54, 1.807) is 10.9 Å². The summed E-state index contributed by atoms with van der Waals surface area (Å²) >= 11 is 0. The standard InChI is InChI=1S/C25H30N4O2/c1-24(21-10-5-3-6-11-21,22-12-7-4-8-13-22)23(30)28-17-16-27(2)18-25(31,19-28)20-29-15-9-14-26-29/h3-15,31H,16-20H2,1-2H3/t25-/m1/s1. The first-order valence-corrected chi connectivity index (χ1v) is 10.7. The van der Waals surface area contributed by atoms with Gasteiger partial charge in [0.25, 0.3) is 0 Å². The van der Waals surface area contributed by atoms with Gasteiger partial charge in [-0.1, -0.05) is 60.7 Å². The van der Waals surface area contributed by atoms with E-state index in [4.69, 9.17) is 0 Å². The van der Waals surface area contributed by atoms with Gasteiger partial charge in [0, 0.05) is 32.0 Å². The van der Waals surface area contributed by atoms with Gasteiger partial charge in [-0.2, -0.15) is 5.10 Å². The van der Waals surface area contributed by atoms with E-state index in [1.165, 1.54) is 0 Å². The van der Waals surface area contributed by atoms with Gasteiger partial charge in [0.2, 0.25) is 5.91 Å². The summed E-state index contributed by atoms with van der Waals surface area (Å²) in [4.78, 5) is 18.1. The van der Waals surface area contributed by atoms with Crippen LogP contribution < -0.4 is 0 Å². The van der Waals surface area contributed by atoms with Crippen LogP contribution in [-0.2, 0) is 16.8 Å². The summed E-state index contributed by atoms with van der Waals surface area (Å²) in [5, 5.41) is 15.8. The topological polar surface area (TPSA) is 61.6 Å². The summed E-state index contributed by atoms with van der Waals surface area (Å²) in [6, 6.07) is 21.6. The van der Waals surface area contributed by atoms with Gasteiger partial charge in [-0.05, 0) is 31.2 Å². The van der Waals surface area contributed by atoms with Crippen LogP contribution in [0.2, 0.25) is 0 Å². The maximum atomic E-state index is 14.1. The molecule has 2 heterocycles. The number of carbonyl (C=O) groups excluding carboxylic acids is 1. The summed E-state index contributed by atoms with van der Waals surface area (Å²) < 4.78 is 1.73. The predicted molar refractivity (Wildman–Crippen MR) is 121 cm³/mol. The fourth-order valence-corrected chi connectivity index (χ4v) is 4.60. The molecule has 1 saturated heterocycles. The molecule has 0 aliphatic carbocycles. The van der Waals surface area contributed by atoms with Gasteiger partial charge in [0.1, 0.15) is 5.60 Å². The van der Waals surface area contributed by atoms with Crippen LogP contribution in [0.5, 0.6) is 0 Å². The molecule has 0 spiro atoms. The summed E-state index contributed by atoms with van der Waals surface area (Å²) in [5.41, 5.74) is -0.0574. The van der Waals surface area contributed by atoms with Gasteiger partial charge >= 0.3 is 0 Å². The smallest absolute Gasteiger partial charge is 0.237 e. The van der Waals surface area contributed by atoms with Gasteiger partial charge in [0.05, 0.1) is 18.5 Å². The van der Waals surface area contributed by atoms with E-state index in [-0.39, 0.29) is 12.5 Å². The Balaban J connectivity index is 1.70. The molecule has 162 valence electrons. The number of amides is 1. The molecule has 1 atom stereocenters. The molecule has 6 heteroatoms. The predicted octanol–water partition coefficient (Wildman–Crippen LogP) is 2.39. The minimum absolute atomic E-state index is 0.000842. The zero-order valence-electron chi connectivity index (χ0n) is 18.2. The third-order valence-corrected chi connectivity index (χ3v) is 6.23. The van der Waals surface area contributed by atoms with Crippen LogP contribution in [0, 0.1) is 0 Å². The normalized spacial score (nSPS) is 20.4. The molecule has 1 fully saturated rings. The molecule has 1 amide bonds. The van der Waals surface area contributed by atoms with Crippen molar-refractivity contribution in [2.75, 3.05) is 33.2 Å². The molecule has 31 heavy (non-hydrogen) atoms. The lowest BCUT2D eigenvalue weighted by Crippen LogP contribution is -2.54. The molecule has 0 saturated carbocycles. The van der Waals surface area contributed by atoms with E-state index in [0.29, 0.717) is 26.2 Å². The molecule has 3 aromatic rings. The number of hydrogen-bond acceptors (Lipinski definition) is 4. The molecule has 0 bridgehead atoms. The summed E-state index contributed by atoms with van der Waals surface area (Å²) in [6.45, 7) is 4.32. The number of aliphatic hydroxyl groups is 1. The van der Waals surface area contributed by atoms with Crippen molar-refractivity contribution in [2.45, 2.75) is 24.5 Å². The van der Waals surface area contributed by atoms with Crippen molar-refractivity contribution >= 4 is 5.91 Å². The highest BCUT2D eigenvalue weighted by molar-refractivity contribution is 5.91. The molecule has 4 rings (SSSR count). The van der Waals surface area contributed by atoms with Crippen molar-refractivity contribution in [1.29, 1.82) is 0 Å². The van der Waals surface area contributed by atoms with Crippen LogP contribution in [0.4, 0.5) is 0 Å². The highest BCUT2D eigenvalue weighted by Gasteiger charge is 2.44. The number of β-amino-alcohol motifs (C(OH)–C–C–N with tert-alkyl or cyclic N) is 1. The number of rotatable bonds is 5. The molecule has 1 aliphatic heterocycles. The summed E-state index contributed by atoms with van der Waals surface area (Å²) in [7, 11) is 1.98. The monoisotopic (exact) mass is 418 g/mol. The first-order chi connectivity index (χ1) is 14.9. The fraction of sp³-hybridized carbons (Fsp3) is 0.360. The van der Waals surface area contributed by atoms with Crippen LogP contribution in [0.1, 0.15) is 18.1 Å². The van der Waals surface area contributed by atoms with Gasteiger partial charge in [-0.3, -0.25) is 9.48 Å². The number of carbonyl (C=O) groups is 1. The lowest BCUT2D eigenvalue weighted by molar-refractivity contribution is -0.138. The Morgan fingerprint density at radius 2 is 1.61 bits per heavy atom. The third kappa shape index (κ3) is 4.40. The SMILES string of the molecule is CN1CCN(C(=O)C(C)(c2ccccc2)c2ccccc2)C[C@@](O)(Cn2cccn2)C1. The van der Waals surface area contributed by atoms with E-state index in [9.17, 15) is 9.90 Å². The fourth-order valence-electron chi connectivity index (χ4n) is 4.60. The Morgan fingerprint density at radius 1 is 1.00 bits per heavy atom. The molecule has 0 unspecified atom stereocenters.